The zero-order chi connectivity index (χ0) is 18.4. The third-order valence-corrected chi connectivity index (χ3v) is 3.54. The van der Waals surface area contributed by atoms with Crippen LogP contribution >= 0.6 is 15.9 Å². The van der Waals surface area contributed by atoms with Crippen LogP contribution in [0.1, 0.15) is 6.92 Å². The summed E-state index contributed by atoms with van der Waals surface area (Å²) in [6.07, 6.45) is 0. The molecule has 2 aromatic rings. The van der Waals surface area contributed by atoms with Crippen molar-refractivity contribution in [2.45, 2.75) is 6.92 Å². The van der Waals surface area contributed by atoms with Crippen LogP contribution < -0.4 is 20.1 Å². The van der Waals surface area contributed by atoms with E-state index >= 15 is 0 Å². The molecule has 2 aromatic carbocycles. The van der Waals surface area contributed by atoms with Crippen molar-refractivity contribution < 1.29 is 23.5 Å². The summed E-state index contributed by atoms with van der Waals surface area (Å²) in [4.78, 5) is 23.2. The number of amides is 2. The Morgan fingerprint density at radius 2 is 1.84 bits per heavy atom. The standard InChI is InChI=1S/C17H16BrFN2O4/c1-10(22)20-12-4-6-16(24-2)14(8-12)21-17(23)9-25-15-5-3-11(18)7-13(15)19/h3-8H,9H2,1-2H3,(H,20,22)(H,21,23). The van der Waals surface area contributed by atoms with Gasteiger partial charge in [-0.1, -0.05) is 15.9 Å². The number of carbonyl (C=O) groups is 2. The van der Waals surface area contributed by atoms with E-state index in [1.165, 1.54) is 26.2 Å². The van der Waals surface area contributed by atoms with E-state index in [4.69, 9.17) is 9.47 Å². The molecule has 0 spiro atoms. The van der Waals surface area contributed by atoms with Gasteiger partial charge < -0.3 is 20.1 Å². The molecule has 0 aliphatic heterocycles. The van der Waals surface area contributed by atoms with Crippen molar-refractivity contribution in [3.8, 4) is 11.5 Å². The SMILES string of the molecule is COc1ccc(NC(C)=O)cc1NC(=O)COc1ccc(Br)cc1F. The van der Waals surface area contributed by atoms with E-state index in [0.717, 1.165) is 0 Å². The Bertz CT molecular complexity index is 798. The molecule has 8 heteroatoms. The van der Waals surface area contributed by atoms with Crippen molar-refractivity contribution in [3.05, 3.63) is 46.7 Å². The van der Waals surface area contributed by atoms with Crippen LogP contribution in [-0.4, -0.2) is 25.5 Å². The lowest BCUT2D eigenvalue weighted by atomic mass is 10.2. The number of rotatable bonds is 6. The van der Waals surface area contributed by atoms with Crippen LogP contribution in [0.4, 0.5) is 15.8 Å². The van der Waals surface area contributed by atoms with Gasteiger partial charge in [-0.3, -0.25) is 9.59 Å². The quantitative estimate of drug-likeness (QED) is 0.762. The van der Waals surface area contributed by atoms with Crippen molar-refractivity contribution >= 4 is 39.1 Å². The van der Waals surface area contributed by atoms with E-state index in [1.54, 1.807) is 24.3 Å². The Hall–Kier alpha value is -2.61. The summed E-state index contributed by atoms with van der Waals surface area (Å²) in [7, 11) is 1.46. The summed E-state index contributed by atoms with van der Waals surface area (Å²) in [6, 6.07) is 9.08. The first-order valence-corrected chi connectivity index (χ1v) is 8.01. The predicted molar refractivity (Wildman–Crippen MR) is 95.5 cm³/mol. The summed E-state index contributed by atoms with van der Waals surface area (Å²) in [5.41, 5.74) is 0.863. The molecule has 132 valence electrons. The second-order valence-electron chi connectivity index (χ2n) is 5.01. The molecule has 0 aromatic heterocycles. The molecule has 2 rings (SSSR count). The Balaban J connectivity index is 2.04. The van der Waals surface area contributed by atoms with E-state index in [0.29, 0.717) is 21.6 Å². The highest BCUT2D eigenvalue weighted by Crippen LogP contribution is 2.28. The largest absolute Gasteiger partial charge is 0.495 e. The fourth-order valence-corrected chi connectivity index (χ4v) is 2.34. The van der Waals surface area contributed by atoms with Crippen molar-refractivity contribution in [2.24, 2.45) is 0 Å². The van der Waals surface area contributed by atoms with E-state index in [9.17, 15) is 14.0 Å². The van der Waals surface area contributed by atoms with Gasteiger partial charge in [-0.05, 0) is 36.4 Å². The molecular formula is C17H16BrFN2O4. The van der Waals surface area contributed by atoms with Gasteiger partial charge in [-0.15, -0.1) is 0 Å². The van der Waals surface area contributed by atoms with Crippen molar-refractivity contribution in [2.75, 3.05) is 24.4 Å². The molecule has 0 bridgehead atoms. The lowest BCUT2D eigenvalue weighted by Gasteiger charge is -2.13. The topological polar surface area (TPSA) is 76.7 Å². The number of hydrogen-bond donors (Lipinski definition) is 2. The molecule has 2 N–H and O–H groups in total. The summed E-state index contributed by atoms with van der Waals surface area (Å²) in [6.45, 7) is 0.995. The first kappa shape index (κ1) is 18.7. The molecule has 0 fully saturated rings. The van der Waals surface area contributed by atoms with Gasteiger partial charge in [-0.25, -0.2) is 4.39 Å². The monoisotopic (exact) mass is 410 g/mol. The molecule has 0 aliphatic rings. The Kier molecular flexibility index (Phi) is 6.35. The van der Waals surface area contributed by atoms with E-state index in [2.05, 4.69) is 26.6 Å². The van der Waals surface area contributed by atoms with Crippen LogP contribution in [0.5, 0.6) is 11.5 Å². The van der Waals surface area contributed by atoms with Crippen LogP contribution in [0, 0.1) is 5.82 Å². The van der Waals surface area contributed by atoms with Gasteiger partial charge in [0.05, 0.1) is 12.8 Å². The average Bonchev–Trinajstić information content (AvgIpc) is 2.54. The Morgan fingerprint density at radius 3 is 2.48 bits per heavy atom. The van der Waals surface area contributed by atoms with Gasteiger partial charge in [0.15, 0.2) is 18.2 Å². The van der Waals surface area contributed by atoms with Crippen molar-refractivity contribution in [3.63, 3.8) is 0 Å². The van der Waals surface area contributed by atoms with Gasteiger partial charge in [-0.2, -0.15) is 0 Å². The van der Waals surface area contributed by atoms with Gasteiger partial charge in [0, 0.05) is 17.1 Å². The molecule has 2 amide bonds. The summed E-state index contributed by atoms with van der Waals surface area (Å²) < 4.78 is 24.6. The van der Waals surface area contributed by atoms with Crippen LogP contribution in [0.3, 0.4) is 0 Å². The number of carbonyl (C=O) groups excluding carboxylic acids is 2. The predicted octanol–water partition coefficient (Wildman–Crippen LogP) is 3.57. The van der Waals surface area contributed by atoms with E-state index < -0.39 is 11.7 Å². The minimum atomic E-state index is -0.576. The van der Waals surface area contributed by atoms with Crippen LogP contribution in [0.25, 0.3) is 0 Å². The summed E-state index contributed by atoms with van der Waals surface area (Å²) >= 11 is 3.14. The number of nitrogens with one attached hydrogen (secondary N) is 2. The molecule has 0 saturated heterocycles. The summed E-state index contributed by atoms with van der Waals surface area (Å²) in [5, 5.41) is 5.21. The number of anilines is 2. The molecule has 25 heavy (non-hydrogen) atoms. The normalized spacial score (nSPS) is 10.1. The molecule has 0 saturated carbocycles. The fraction of sp³-hybridized carbons (Fsp3) is 0.176. The third-order valence-electron chi connectivity index (χ3n) is 3.05. The van der Waals surface area contributed by atoms with Crippen LogP contribution in [0.2, 0.25) is 0 Å². The molecule has 0 radical (unpaired) electrons. The second kappa shape index (κ2) is 8.48. The molecule has 0 atom stereocenters. The number of ether oxygens (including phenoxy) is 2. The van der Waals surface area contributed by atoms with E-state index in [-0.39, 0.29) is 18.3 Å². The van der Waals surface area contributed by atoms with Crippen LogP contribution in [-0.2, 0) is 9.59 Å². The maximum Gasteiger partial charge on any atom is 0.262 e. The lowest BCUT2D eigenvalue weighted by Crippen LogP contribution is -2.21. The zero-order valence-corrected chi connectivity index (χ0v) is 15.1. The maximum absolute atomic E-state index is 13.7. The first-order chi connectivity index (χ1) is 11.9. The van der Waals surface area contributed by atoms with E-state index in [1.807, 2.05) is 0 Å². The van der Waals surface area contributed by atoms with Crippen molar-refractivity contribution in [1.29, 1.82) is 0 Å². The second-order valence-corrected chi connectivity index (χ2v) is 5.92. The van der Waals surface area contributed by atoms with Gasteiger partial charge in [0.2, 0.25) is 5.91 Å². The number of hydrogen-bond acceptors (Lipinski definition) is 4. The van der Waals surface area contributed by atoms with Crippen LogP contribution in [0.15, 0.2) is 40.9 Å². The molecule has 0 unspecified atom stereocenters. The Labute approximate surface area is 152 Å². The average molecular weight is 411 g/mol. The first-order valence-electron chi connectivity index (χ1n) is 7.22. The molecule has 6 nitrogen and oxygen atoms in total. The highest BCUT2D eigenvalue weighted by Gasteiger charge is 2.11. The number of methoxy groups -OCH3 is 1. The smallest absolute Gasteiger partial charge is 0.262 e. The number of halogens is 2. The highest BCUT2D eigenvalue weighted by molar-refractivity contribution is 9.10. The minimum absolute atomic E-state index is 0.0303. The van der Waals surface area contributed by atoms with Crippen molar-refractivity contribution in [1.82, 2.24) is 0 Å². The highest BCUT2D eigenvalue weighted by atomic mass is 79.9. The molecule has 0 heterocycles. The number of benzene rings is 2. The molecule has 0 aliphatic carbocycles. The molecular weight excluding hydrogens is 395 g/mol. The zero-order valence-electron chi connectivity index (χ0n) is 13.6. The van der Waals surface area contributed by atoms with Gasteiger partial charge >= 0.3 is 0 Å². The minimum Gasteiger partial charge on any atom is -0.495 e. The summed E-state index contributed by atoms with van der Waals surface area (Å²) in [5.74, 6) is -0.931. The lowest BCUT2D eigenvalue weighted by molar-refractivity contribution is -0.118. The fourth-order valence-electron chi connectivity index (χ4n) is 2.01. The van der Waals surface area contributed by atoms with Gasteiger partial charge in [0.25, 0.3) is 5.91 Å². The van der Waals surface area contributed by atoms with Gasteiger partial charge in [0.1, 0.15) is 5.75 Å². The third kappa shape index (κ3) is 5.46. The maximum atomic E-state index is 13.7. The Morgan fingerprint density at radius 1 is 1.12 bits per heavy atom.